The first kappa shape index (κ1) is 131. The number of esters is 14. The fourth-order valence-corrected chi connectivity index (χ4v) is 9.75. The highest BCUT2D eigenvalue weighted by molar-refractivity contribution is 8.76. The Morgan fingerprint density at radius 1 is 0.298 bits per heavy atom. The second-order valence-corrected chi connectivity index (χ2v) is 28.1. The third-order valence-corrected chi connectivity index (χ3v) is 17.5. The molecule has 2 amide bonds. The summed E-state index contributed by atoms with van der Waals surface area (Å²) in [5, 5.41) is 5.35. The minimum atomic E-state index is -0.859. The minimum absolute atomic E-state index is 0.0773. The molecule has 0 aliphatic rings. The van der Waals surface area contributed by atoms with Crippen LogP contribution >= 0.6 is 21.6 Å². The van der Waals surface area contributed by atoms with Crippen LogP contribution in [0.4, 0.5) is 0 Å². The Labute approximate surface area is 779 Å². The SMILES string of the molecule is C=CC(=O)CCCCCCCCCOC(=O)C=C.C=CC(=O)NCCSSCCNC(=O)C=C.C=CC(=O)OCC(CC)(COC(=O)C=C)COC(=O)c1ccccc1.C=CC(=O)OCCC(C)OC(=O)C=C.C=CC(=O)OCCCCCCOC(=O)C=C.C=CC(=O)OCCCCCOC(=O)C=C.C=CC(=O)OCCCCOC(=O)C=C.C=CC(=O)OCCCOC(=O)C=C. The Hall–Kier alpha value is -13.1. The predicted molar refractivity (Wildman–Crippen MR) is 503 cm³/mol. The summed E-state index contributed by atoms with van der Waals surface area (Å²) in [5.74, 6) is -4.95. The lowest BCUT2D eigenvalue weighted by Crippen LogP contribution is -2.38. The van der Waals surface area contributed by atoms with Gasteiger partial charge in [0.2, 0.25) is 11.8 Å². The molecular weight excluding hydrogens is 1740 g/mol. The smallest absolute Gasteiger partial charge is 0.338 e. The maximum atomic E-state index is 12.1. The zero-order chi connectivity index (χ0) is 100. The van der Waals surface area contributed by atoms with Crippen molar-refractivity contribution in [2.45, 2.75) is 148 Å². The van der Waals surface area contributed by atoms with E-state index >= 15 is 0 Å². The van der Waals surface area contributed by atoms with E-state index in [1.54, 1.807) is 58.8 Å². The molecular formula is C96H136N2O31S2. The van der Waals surface area contributed by atoms with Gasteiger partial charge in [-0.15, -0.1) is 0 Å². The number of hydrogen-bond acceptors (Lipinski definition) is 33. The monoisotopic (exact) mass is 1880 g/mol. The van der Waals surface area contributed by atoms with Crippen LogP contribution in [0.15, 0.2) is 233 Å². The normalized spacial score (nSPS) is 9.63. The van der Waals surface area contributed by atoms with Crippen molar-refractivity contribution in [3.05, 3.63) is 238 Å². The van der Waals surface area contributed by atoms with Crippen LogP contribution in [0.2, 0.25) is 0 Å². The third kappa shape index (κ3) is 101. The van der Waals surface area contributed by atoms with Gasteiger partial charge in [0, 0.05) is 123 Å². The Kier molecular flexibility index (Phi) is 99.2. The van der Waals surface area contributed by atoms with Crippen molar-refractivity contribution in [3.8, 4) is 0 Å². The lowest BCUT2D eigenvalue weighted by Gasteiger charge is -2.30. The minimum Gasteiger partial charge on any atom is -0.463 e. The van der Waals surface area contributed by atoms with Crippen LogP contribution in [0.5, 0.6) is 0 Å². The molecule has 0 bridgehead atoms. The maximum Gasteiger partial charge on any atom is 0.338 e. The lowest BCUT2D eigenvalue weighted by atomic mass is 9.88. The zero-order valence-electron chi connectivity index (χ0n) is 76.2. The van der Waals surface area contributed by atoms with Gasteiger partial charge in [0.05, 0.1) is 77.0 Å². The van der Waals surface area contributed by atoms with Crippen molar-refractivity contribution in [3.63, 3.8) is 0 Å². The molecule has 0 saturated carbocycles. The summed E-state index contributed by atoms with van der Waals surface area (Å²) in [6.07, 6.45) is 34.7. The maximum absolute atomic E-state index is 12.1. The Balaban J connectivity index is -0.000000271. The summed E-state index contributed by atoms with van der Waals surface area (Å²) in [6, 6.07) is 8.50. The highest BCUT2D eigenvalue weighted by Crippen LogP contribution is 2.25. The molecule has 1 rings (SSSR count). The summed E-state index contributed by atoms with van der Waals surface area (Å²) in [4.78, 5) is 184. The number of ether oxygens (including phenoxy) is 14. The van der Waals surface area contributed by atoms with Gasteiger partial charge in [-0.2, -0.15) is 0 Å². The summed E-state index contributed by atoms with van der Waals surface area (Å²) in [7, 11) is 3.31. The van der Waals surface area contributed by atoms with Crippen LogP contribution in [-0.4, -0.2) is 218 Å². The fraction of sp³-hybridized carbons (Fsp3) is 0.427. The molecule has 35 heteroatoms. The first-order valence-electron chi connectivity index (χ1n) is 41.5. The molecule has 0 aliphatic heterocycles. The predicted octanol–water partition coefficient (Wildman–Crippen LogP) is 14.2. The second kappa shape index (κ2) is 99.1. The van der Waals surface area contributed by atoms with Crippen LogP contribution < -0.4 is 10.6 Å². The third-order valence-electron chi connectivity index (χ3n) is 15.1. The number of nitrogens with one attached hydrogen (secondary N) is 2. The van der Waals surface area contributed by atoms with Gasteiger partial charge in [0.25, 0.3) is 0 Å². The summed E-state index contributed by atoms with van der Waals surface area (Å²) in [5.41, 5.74) is -0.458. The van der Waals surface area contributed by atoms with E-state index in [9.17, 15) is 81.5 Å². The van der Waals surface area contributed by atoms with Crippen LogP contribution in [0.25, 0.3) is 0 Å². The molecule has 0 aromatic heterocycles. The summed E-state index contributed by atoms with van der Waals surface area (Å²) >= 11 is 0. The first-order chi connectivity index (χ1) is 62.8. The number of allylic oxidation sites excluding steroid dienone is 1. The van der Waals surface area contributed by atoms with Crippen LogP contribution in [-0.2, 0) is 143 Å². The number of rotatable bonds is 67. The molecule has 0 fully saturated rings. The highest BCUT2D eigenvalue weighted by Gasteiger charge is 2.34. The molecule has 1 aromatic carbocycles. The largest absolute Gasteiger partial charge is 0.463 e. The van der Waals surface area contributed by atoms with Gasteiger partial charge in [-0.05, 0) is 114 Å². The van der Waals surface area contributed by atoms with E-state index in [0.29, 0.717) is 103 Å². The number of benzene rings is 1. The van der Waals surface area contributed by atoms with Gasteiger partial charge < -0.3 is 76.9 Å². The highest BCUT2D eigenvalue weighted by atomic mass is 33.1. The second-order valence-electron chi connectivity index (χ2n) is 25.4. The van der Waals surface area contributed by atoms with Gasteiger partial charge in [-0.1, -0.05) is 184 Å². The van der Waals surface area contributed by atoms with E-state index in [1.807, 2.05) is 6.92 Å². The van der Waals surface area contributed by atoms with E-state index in [0.717, 1.165) is 168 Å². The van der Waals surface area contributed by atoms with Crippen LogP contribution in [0.1, 0.15) is 153 Å². The molecule has 728 valence electrons. The van der Waals surface area contributed by atoms with Gasteiger partial charge in [-0.25, -0.2) is 67.1 Å². The number of hydrogen-bond donors (Lipinski definition) is 2. The van der Waals surface area contributed by atoms with E-state index in [-0.39, 0.29) is 81.3 Å². The van der Waals surface area contributed by atoms with Crippen molar-refractivity contribution in [2.24, 2.45) is 5.41 Å². The molecule has 2 N–H and O–H groups in total. The van der Waals surface area contributed by atoms with Gasteiger partial charge >= 0.3 is 83.6 Å². The number of carbonyl (C=O) groups is 17. The van der Waals surface area contributed by atoms with Gasteiger partial charge in [0.1, 0.15) is 25.9 Å². The molecule has 0 radical (unpaired) electrons. The molecule has 1 unspecified atom stereocenters. The van der Waals surface area contributed by atoms with E-state index in [2.05, 4.69) is 125 Å². The molecule has 0 saturated heterocycles. The Morgan fingerprint density at radius 3 is 0.817 bits per heavy atom. The van der Waals surface area contributed by atoms with E-state index in [1.165, 1.54) is 30.7 Å². The number of amides is 2. The van der Waals surface area contributed by atoms with Crippen molar-refractivity contribution >= 4 is 123 Å². The molecule has 0 aliphatic carbocycles. The van der Waals surface area contributed by atoms with E-state index < -0.39 is 71.1 Å². The van der Waals surface area contributed by atoms with Crippen molar-refractivity contribution in [2.75, 3.05) is 110 Å². The molecule has 0 heterocycles. The van der Waals surface area contributed by atoms with Crippen molar-refractivity contribution < 1.29 is 148 Å². The number of carbonyl (C=O) groups excluding carboxylic acids is 17. The molecule has 33 nitrogen and oxygen atoms in total. The molecule has 1 atom stereocenters. The van der Waals surface area contributed by atoms with Crippen molar-refractivity contribution in [1.82, 2.24) is 10.6 Å². The van der Waals surface area contributed by atoms with Crippen molar-refractivity contribution in [1.29, 1.82) is 0 Å². The quantitative estimate of drug-likeness (QED) is 0.0201. The number of ketones is 1. The fourth-order valence-electron chi connectivity index (χ4n) is 7.93. The standard InChI is InChI=1S/C19H22O6.C15H24O3.C12H18O4.C11H16O4.C10H16N2O2S2.2C10H14O4.C9H12O4/c1-4-16(20)23-12-19(6-3,13-24-17(21)5-2)14-25-18(22)15-10-8-7-9-11-15;1-3-14(16)12-10-8-6-5-7-9-11-13-18-15(17)4-2;1-3-11(13)15-9-7-5-6-8-10-16-12(14)4-2;1-3-10(12)14-8-6-5-7-9-15-11(13)4-2;1-3-9(13)11-5-7-15-16-8-6-12-10(14)4-2;1-4-9(11)13-7-6-8(3)14-10(12)5-2;1-3-9(11)13-7-5-6-8-14-10(12)4-2;1-3-8(10)12-6-5-7-13-9(11)4-2/h4-5,7-11H,1-2,6,12-14H2,3H3;3-4H,1-2,5-13H2;3-4H,1-2,5-10H2;3-4H,1-2,5-9H2;3-4H,1-2,5-8H2,(H,11,13)(H,12,14);4-5,8H,1-2,6-7H2,3H3;3-4H,1-2,5-8H2;3-4H,1-2,5-7H2. The molecule has 131 heavy (non-hydrogen) atoms. The topological polar surface area (TPSA) is 443 Å². The lowest BCUT2D eigenvalue weighted by molar-refractivity contribution is -0.151. The van der Waals surface area contributed by atoms with Crippen LogP contribution in [0, 0.1) is 5.41 Å². The Morgan fingerprint density at radius 2 is 0.542 bits per heavy atom. The summed E-state index contributed by atoms with van der Waals surface area (Å²) < 4.78 is 67.7. The summed E-state index contributed by atoms with van der Waals surface area (Å²) in [6.45, 7) is 60.6. The number of unbranched alkanes of at least 4 members (excludes halogenated alkanes) is 12. The average Bonchev–Trinajstić information content (AvgIpc) is 0.856. The average molecular weight is 1880 g/mol. The Bertz CT molecular complexity index is 3440. The van der Waals surface area contributed by atoms with Crippen LogP contribution in [0.3, 0.4) is 0 Å². The first-order valence-corrected chi connectivity index (χ1v) is 44.0. The zero-order valence-corrected chi connectivity index (χ0v) is 77.8. The molecule has 0 spiro atoms. The van der Waals surface area contributed by atoms with Gasteiger partial charge in [-0.3, -0.25) is 14.4 Å². The van der Waals surface area contributed by atoms with Gasteiger partial charge in [0.15, 0.2) is 5.78 Å². The molecule has 1 aromatic rings. The van der Waals surface area contributed by atoms with E-state index in [4.69, 9.17) is 56.8 Å².